The maximum Gasteiger partial charge on any atom is 0.342 e. The van der Waals surface area contributed by atoms with Gasteiger partial charge >= 0.3 is 5.97 Å². The number of hydrogen-bond donors (Lipinski definition) is 4. The fourth-order valence-electron chi connectivity index (χ4n) is 3.38. The van der Waals surface area contributed by atoms with Crippen LogP contribution in [0.1, 0.15) is 35.2 Å². The highest BCUT2D eigenvalue weighted by Crippen LogP contribution is 2.38. The molecule has 1 aromatic rings. The molecule has 4 N–H and O–H groups in total. The zero-order chi connectivity index (χ0) is 23.6. The number of hydroxylamine groups is 1. The summed E-state index contributed by atoms with van der Waals surface area (Å²) >= 11 is 6.27. The molecule has 9 nitrogen and oxygen atoms in total. The van der Waals surface area contributed by atoms with Gasteiger partial charge in [-0.1, -0.05) is 29.8 Å². The lowest BCUT2D eigenvalue weighted by Gasteiger charge is -2.27. The highest BCUT2D eigenvalue weighted by molar-refractivity contribution is 6.34. The molecule has 178 valence electrons. The first kappa shape index (κ1) is 24.6. The summed E-state index contributed by atoms with van der Waals surface area (Å²) in [6, 6.07) is 0.991. The minimum atomic E-state index is -0.774. The summed E-state index contributed by atoms with van der Waals surface area (Å²) < 4.78 is 5.26. The summed E-state index contributed by atoms with van der Waals surface area (Å²) in [6.07, 6.45) is 11.0. The van der Waals surface area contributed by atoms with Crippen molar-refractivity contribution in [2.75, 3.05) is 39.4 Å². The van der Waals surface area contributed by atoms with Crippen LogP contribution in [-0.4, -0.2) is 66.4 Å². The zero-order valence-electron chi connectivity index (χ0n) is 18.2. The van der Waals surface area contributed by atoms with Gasteiger partial charge in [0.25, 0.3) is 5.91 Å². The number of ether oxygens (including phenoxy) is 1. The van der Waals surface area contributed by atoms with Crippen LogP contribution in [0.25, 0.3) is 6.08 Å². The summed E-state index contributed by atoms with van der Waals surface area (Å²) in [6.45, 7) is 2.64. The second-order valence-corrected chi connectivity index (χ2v) is 7.89. The standard InChI is InChI=1S/C23H28ClN3O6/c24-22-17-13-16(26-33-15-20(30)27-10-8-25-9-11-27)7-5-3-1-2-4-6-12-32-23(31)21(17)18(28)14-19(22)29/h2,4-5,7,13-14,25-26,28-29H,1,3,6,8-12,15H2/b4-2?,7-5?,16-13-. The third-order valence-electron chi connectivity index (χ3n) is 5.10. The highest BCUT2D eigenvalue weighted by atomic mass is 35.5. The lowest BCUT2D eigenvalue weighted by molar-refractivity contribution is -0.138. The average Bonchev–Trinajstić information content (AvgIpc) is 2.80. The van der Waals surface area contributed by atoms with E-state index >= 15 is 0 Å². The molecule has 0 spiro atoms. The number of carbonyl (C=O) groups is 2. The van der Waals surface area contributed by atoms with Crippen molar-refractivity contribution in [2.45, 2.75) is 19.3 Å². The van der Waals surface area contributed by atoms with Gasteiger partial charge in [0.1, 0.15) is 17.1 Å². The number of halogens is 1. The normalized spacial score (nSPS) is 19.1. The number of hydrogen-bond acceptors (Lipinski definition) is 8. The van der Waals surface area contributed by atoms with Gasteiger partial charge in [-0.15, -0.1) is 0 Å². The number of phenols is 2. The number of rotatable bonds is 4. The number of esters is 1. The lowest BCUT2D eigenvalue weighted by Crippen LogP contribution is -2.48. The van der Waals surface area contributed by atoms with E-state index in [1.54, 1.807) is 11.0 Å². The zero-order valence-corrected chi connectivity index (χ0v) is 18.9. The SMILES string of the molecule is O=C1OCCC=CCCC=C/C(NOCC(=O)N2CCNCC2)=C/c2c(Cl)c(O)cc(O)c21. The third kappa shape index (κ3) is 6.98. The molecule has 0 aromatic heterocycles. The van der Waals surface area contributed by atoms with Crippen molar-refractivity contribution in [2.24, 2.45) is 0 Å². The monoisotopic (exact) mass is 477 g/mol. The molecular formula is C23H28ClN3O6. The van der Waals surface area contributed by atoms with Crippen molar-refractivity contribution in [3.63, 3.8) is 0 Å². The topological polar surface area (TPSA) is 120 Å². The molecule has 0 saturated carbocycles. The van der Waals surface area contributed by atoms with Gasteiger partial charge in [-0.25, -0.2) is 4.79 Å². The van der Waals surface area contributed by atoms with Crippen molar-refractivity contribution in [1.29, 1.82) is 0 Å². The Labute approximate surface area is 197 Å². The Morgan fingerprint density at radius 1 is 1.15 bits per heavy atom. The van der Waals surface area contributed by atoms with Gasteiger partial charge in [-0.2, -0.15) is 0 Å². The molecule has 0 radical (unpaired) electrons. The first-order chi connectivity index (χ1) is 16.0. The lowest BCUT2D eigenvalue weighted by atomic mass is 10.0. The number of phenolic OH excluding ortho intramolecular Hbond substituents is 2. The van der Waals surface area contributed by atoms with Crippen LogP contribution in [0.2, 0.25) is 5.02 Å². The van der Waals surface area contributed by atoms with Gasteiger partial charge in [0, 0.05) is 37.8 Å². The second kappa shape index (κ2) is 12.3. The van der Waals surface area contributed by atoms with Gasteiger partial charge < -0.3 is 25.2 Å². The van der Waals surface area contributed by atoms with E-state index in [4.69, 9.17) is 21.2 Å². The third-order valence-corrected chi connectivity index (χ3v) is 5.50. The number of carbonyl (C=O) groups excluding carboxylic acids is 2. The van der Waals surface area contributed by atoms with Gasteiger partial charge in [-0.3, -0.25) is 15.1 Å². The first-order valence-corrected chi connectivity index (χ1v) is 11.2. The smallest absolute Gasteiger partial charge is 0.342 e. The minimum Gasteiger partial charge on any atom is -0.507 e. The number of nitrogens with zero attached hydrogens (tertiary/aromatic N) is 1. The van der Waals surface area contributed by atoms with E-state index in [1.165, 1.54) is 6.08 Å². The van der Waals surface area contributed by atoms with E-state index in [0.717, 1.165) is 32.0 Å². The molecule has 0 aliphatic carbocycles. The quantitative estimate of drug-likeness (QED) is 0.296. The van der Waals surface area contributed by atoms with E-state index in [9.17, 15) is 19.8 Å². The molecule has 2 aliphatic heterocycles. The molecule has 1 aromatic carbocycles. The molecule has 2 heterocycles. The molecule has 0 atom stereocenters. The van der Waals surface area contributed by atoms with E-state index in [-0.39, 0.29) is 41.0 Å². The Balaban J connectivity index is 1.86. The van der Waals surface area contributed by atoms with Gasteiger partial charge in [0.05, 0.1) is 17.3 Å². The summed E-state index contributed by atoms with van der Waals surface area (Å²) in [5.74, 6) is -1.78. The highest BCUT2D eigenvalue weighted by Gasteiger charge is 2.23. The predicted molar refractivity (Wildman–Crippen MR) is 124 cm³/mol. The van der Waals surface area contributed by atoms with Crippen LogP contribution in [0.15, 0.2) is 36.1 Å². The summed E-state index contributed by atoms with van der Waals surface area (Å²) in [5, 5.41) is 23.5. The average molecular weight is 478 g/mol. The number of amides is 1. The second-order valence-electron chi connectivity index (χ2n) is 7.51. The summed E-state index contributed by atoms with van der Waals surface area (Å²) in [7, 11) is 0. The maximum atomic E-state index is 12.6. The number of nitrogens with one attached hydrogen (secondary N) is 2. The van der Waals surface area contributed by atoms with E-state index in [0.29, 0.717) is 25.2 Å². The number of fused-ring (bicyclic) bond motifs is 1. The molecule has 3 rings (SSSR count). The molecule has 33 heavy (non-hydrogen) atoms. The molecule has 0 unspecified atom stereocenters. The Morgan fingerprint density at radius 2 is 1.88 bits per heavy atom. The Kier molecular flexibility index (Phi) is 9.17. The Hall–Kier alpha value is -3.01. The largest absolute Gasteiger partial charge is 0.507 e. The number of aromatic hydroxyl groups is 2. The van der Waals surface area contributed by atoms with Crippen LogP contribution in [0.4, 0.5) is 0 Å². The first-order valence-electron chi connectivity index (χ1n) is 10.8. The van der Waals surface area contributed by atoms with E-state index in [1.807, 2.05) is 18.2 Å². The summed E-state index contributed by atoms with van der Waals surface area (Å²) in [4.78, 5) is 32.1. The van der Waals surface area contributed by atoms with Crippen molar-refractivity contribution in [1.82, 2.24) is 15.7 Å². The Morgan fingerprint density at radius 3 is 2.67 bits per heavy atom. The van der Waals surface area contributed by atoms with Gasteiger partial charge in [-0.05, 0) is 31.4 Å². The van der Waals surface area contributed by atoms with E-state index in [2.05, 4.69) is 10.8 Å². The molecule has 10 heteroatoms. The number of piperazine rings is 1. The fourth-order valence-corrected chi connectivity index (χ4v) is 3.59. The van der Waals surface area contributed by atoms with Gasteiger partial charge in [0.15, 0.2) is 6.61 Å². The van der Waals surface area contributed by atoms with Crippen LogP contribution in [-0.2, 0) is 14.4 Å². The number of allylic oxidation sites excluding steroid dienone is 3. The van der Waals surface area contributed by atoms with Crippen molar-refractivity contribution < 1.29 is 29.4 Å². The maximum absolute atomic E-state index is 12.6. The molecular weight excluding hydrogens is 450 g/mol. The van der Waals surface area contributed by atoms with Crippen molar-refractivity contribution in [3.05, 3.63) is 52.2 Å². The fraction of sp³-hybridized carbons (Fsp3) is 0.391. The van der Waals surface area contributed by atoms with Crippen LogP contribution in [0.5, 0.6) is 11.5 Å². The van der Waals surface area contributed by atoms with Crippen LogP contribution >= 0.6 is 11.6 Å². The Bertz CT molecular complexity index is 954. The number of cyclic esters (lactones) is 1. The van der Waals surface area contributed by atoms with Crippen LogP contribution in [0.3, 0.4) is 0 Å². The van der Waals surface area contributed by atoms with E-state index < -0.39 is 11.7 Å². The summed E-state index contributed by atoms with van der Waals surface area (Å²) in [5.41, 5.74) is 2.97. The predicted octanol–water partition coefficient (Wildman–Crippen LogP) is 2.50. The number of benzene rings is 1. The molecule has 2 aliphatic rings. The minimum absolute atomic E-state index is 0.0657. The van der Waals surface area contributed by atoms with Crippen molar-refractivity contribution in [3.8, 4) is 11.5 Å². The van der Waals surface area contributed by atoms with Gasteiger partial charge in [0.2, 0.25) is 0 Å². The molecule has 1 amide bonds. The molecule has 1 saturated heterocycles. The molecule has 1 fully saturated rings. The molecule has 0 bridgehead atoms. The van der Waals surface area contributed by atoms with Crippen molar-refractivity contribution >= 4 is 29.6 Å². The van der Waals surface area contributed by atoms with Crippen LogP contribution in [0, 0.1) is 0 Å². The van der Waals surface area contributed by atoms with Crippen LogP contribution < -0.4 is 10.8 Å².